The standard InChI is InChI=1S/C26H27N7O3/c1-17-29-16-33(30-17)24-22-21(20(36-2)15-28-24)19(14-27-22)23(34)25(35)31-10-12-32(13-11-31)26(8-9-26)18-6-4-3-5-7-18/h3-7,14-16,27H,8-13H2,1-2H3. The zero-order chi connectivity index (χ0) is 24.9. The molecule has 0 atom stereocenters. The summed E-state index contributed by atoms with van der Waals surface area (Å²) in [7, 11) is 1.51. The first kappa shape index (κ1) is 22.4. The molecule has 1 saturated heterocycles. The average molecular weight is 486 g/mol. The number of hydrogen-bond acceptors (Lipinski definition) is 7. The summed E-state index contributed by atoms with van der Waals surface area (Å²) in [5, 5.41) is 4.83. The normalized spacial score (nSPS) is 17.3. The van der Waals surface area contributed by atoms with Crippen LogP contribution in [0.2, 0.25) is 0 Å². The molecule has 10 heteroatoms. The molecule has 0 radical (unpaired) electrons. The Bertz CT molecular complexity index is 1450. The Morgan fingerprint density at radius 3 is 2.44 bits per heavy atom. The van der Waals surface area contributed by atoms with Crippen molar-refractivity contribution in [3.05, 3.63) is 66.0 Å². The van der Waals surface area contributed by atoms with Crippen molar-refractivity contribution < 1.29 is 14.3 Å². The highest BCUT2D eigenvalue weighted by atomic mass is 16.5. The van der Waals surface area contributed by atoms with Gasteiger partial charge in [-0.15, -0.1) is 0 Å². The number of ketones is 1. The van der Waals surface area contributed by atoms with Gasteiger partial charge in [0.2, 0.25) is 0 Å². The number of H-pyrrole nitrogens is 1. The van der Waals surface area contributed by atoms with Gasteiger partial charge in [0, 0.05) is 37.9 Å². The van der Waals surface area contributed by atoms with Gasteiger partial charge in [0.25, 0.3) is 11.7 Å². The zero-order valence-corrected chi connectivity index (χ0v) is 20.3. The molecule has 1 amide bonds. The molecule has 1 aliphatic carbocycles. The number of nitrogens with zero attached hydrogens (tertiary/aromatic N) is 6. The van der Waals surface area contributed by atoms with Gasteiger partial charge >= 0.3 is 0 Å². The SMILES string of the molecule is COc1cnc(-n2cnc(C)n2)c2[nH]cc(C(=O)C(=O)N3CCN(C4(c5ccccc5)CC4)CC3)c12. The highest BCUT2D eigenvalue weighted by molar-refractivity contribution is 6.45. The fourth-order valence-corrected chi connectivity index (χ4v) is 5.31. The second-order valence-corrected chi connectivity index (χ2v) is 9.34. The highest BCUT2D eigenvalue weighted by Crippen LogP contribution is 2.51. The molecule has 0 bridgehead atoms. The van der Waals surface area contributed by atoms with E-state index in [9.17, 15) is 9.59 Å². The van der Waals surface area contributed by atoms with Crippen LogP contribution in [0.1, 0.15) is 34.6 Å². The smallest absolute Gasteiger partial charge is 0.295 e. The number of pyridine rings is 1. The summed E-state index contributed by atoms with van der Waals surface area (Å²) in [6, 6.07) is 10.6. The van der Waals surface area contributed by atoms with E-state index in [2.05, 4.69) is 49.2 Å². The number of methoxy groups -OCH3 is 1. The van der Waals surface area contributed by atoms with Crippen LogP contribution in [0.5, 0.6) is 5.75 Å². The molecule has 2 aliphatic rings. The van der Waals surface area contributed by atoms with Gasteiger partial charge in [-0.2, -0.15) is 5.10 Å². The number of benzene rings is 1. The van der Waals surface area contributed by atoms with Crippen LogP contribution in [0.15, 0.2) is 49.1 Å². The summed E-state index contributed by atoms with van der Waals surface area (Å²) >= 11 is 0. The molecular weight excluding hydrogens is 458 g/mol. The summed E-state index contributed by atoms with van der Waals surface area (Å²) in [6.07, 6.45) is 6.88. The number of rotatable bonds is 6. The largest absolute Gasteiger partial charge is 0.494 e. The maximum absolute atomic E-state index is 13.4. The Morgan fingerprint density at radius 1 is 1.06 bits per heavy atom. The predicted molar refractivity (Wildman–Crippen MR) is 132 cm³/mol. The quantitative estimate of drug-likeness (QED) is 0.330. The Hall–Kier alpha value is -4.05. The highest BCUT2D eigenvalue weighted by Gasteiger charge is 2.50. The van der Waals surface area contributed by atoms with E-state index >= 15 is 0 Å². The van der Waals surface area contributed by atoms with E-state index in [4.69, 9.17) is 4.74 Å². The summed E-state index contributed by atoms with van der Waals surface area (Å²) in [5.74, 6) is 0.410. The lowest BCUT2D eigenvalue weighted by Gasteiger charge is -2.39. The lowest BCUT2D eigenvalue weighted by Crippen LogP contribution is -2.53. The van der Waals surface area contributed by atoms with Gasteiger partial charge in [-0.1, -0.05) is 30.3 Å². The molecule has 184 valence electrons. The van der Waals surface area contributed by atoms with Crippen molar-refractivity contribution in [1.29, 1.82) is 0 Å². The number of hydrogen-bond donors (Lipinski definition) is 1. The van der Waals surface area contributed by atoms with Gasteiger partial charge in [-0.25, -0.2) is 14.6 Å². The molecule has 1 aromatic carbocycles. The number of Topliss-reactive ketones (excluding diaryl/α,β-unsaturated/α-hetero) is 1. The third-order valence-corrected chi connectivity index (χ3v) is 7.34. The van der Waals surface area contributed by atoms with E-state index in [1.165, 1.54) is 23.6 Å². The molecule has 1 aliphatic heterocycles. The summed E-state index contributed by atoms with van der Waals surface area (Å²) in [6.45, 7) is 4.30. The Kier molecular flexibility index (Phi) is 5.33. The van der Waals surface area contributed by atoms with Gasteiger partial charge in [0.1, 0.15) is 17.9 Å². The van der Waals surface area contributed by atoms with Crippen LogP contribution in [0.3, 0.4) is 0 Å². The van der Waals surface area contributed by atoms with Crippen LogP contribution in [-0.2, 0) is 10.3 Å². The number of aryl methyl sites for hydroxylation is 1. The van der Waals surface area contributed by atoms with Gasteiger partial charge in [0.05, 0.1) is 29.8 Å². The number of fused-ring (bicyclic) bond motifs is 1. The fourth-order valence-electron chi connectivity index (χ4n) is 5.31. The zero-order valence-electron chi connectivity index (χ0n) is 20.3. The van der Waals surface area contributed by atoms with Gasteiger partial charge in [-0.05, 0) is 25.3 Å². The van der Waals surface area contributed by atoms with Crippen molar-refractivity contribution in [3.63, 3.8) is 0 Å². The molecule has 36 heavy (non-hydrogen) atoms. The summed E-state index contributed by atoms with van der Waals surface area (Å²) in [4.78, 5) is 42.5. The van der Waals surface area contributed by atoms with Gasteiger partial charge in [-0.3, -0.25) is 14.5 Å². The van der Waals surface area contributed by atoms with Crippen LogP contribution in [-0.4, -0.2) is 79.5 Å². The third kappa shape index (κ3) is 3.56. The van der Waals surface area contributed by atoms with Crippen LogP contribution in [0.4, 0.5) is 0 Å². The molecule has 0 unspecified atom stereocenters. The minimum Gasteiger partial charge on any atom is -0.494 e. The summed E-state index contributed by atoms with van der Waals surface area (Å²) < 4.78 is 7.02. The Labute approximate surface area is 207 Å². The molecular formula is C26H27N7O3. The van der Waals surface area contributed by atoms with Crippen LogP contribution in [0, 0.1) is 6.92 Å². The minimum atomic E-state index is -0.566. The molecule has 2 fully saturated rings. The second-order valence-electron chi connectivity index (χ2n) is 9.34. The molecule has 1 N–H and O–H groups in total. The van der Waals surface area contributed by atoms with Gasteiger partial charge in [0.15, 0.2) is 5.82 Å². The second kappa shape index (κ2) is 8.56. The van der Waals surface area contributed by atoms with E-state index < -0.39 is 11.7 Å². The Balaban J connectivity index is 1.23. The van der Waals surface area contributed by atoms with Gasteiger partial charge < -0.3 is 14.6 Å². The third-order valence-electron chi connectivity index (χ3n) is 7.34. The number of aromatic amines is 1. The summed E-state index contributed by atoms with van der Waals surface area (Å²) in [5.41, 5.74) is 2.23. The lowest BCUT2D eigenvalue weighted by molar-refractivity contribution is -0.128. The first-order valence-corrected chi connectivity index (χ1v) is 12.1. The first-order valence-electron chi connectivity index (χ1n) is 12.1. The monoisotopic (exact) mass is 485 g/mol. The lowest BCUT2D eigenvalue weighted by atomic mass is 10.0. The van der Waals surface area contributed by atoms with Crippen molar-refractivity contribution in [2.75, 3.05) is 33.3 Å². The van der Waals surface area contributed by atoms with Crippen molar-refractivity contribution >= 4 is 22.6 Å². The first-order chi connectivity index (χ1) is 17.5. The van der Waals surface area contributed by atoms with E-state index in [1.54, 1.807) is 24.3 Å². The molecule has 1 saturated carbocycles. The van der Waals surface area contributed by atoms with E-state index in [0.717, 1.165) is 25.9 Å². The minimum absolute atomic E-state index is 0.0771. The molecule has 4 heterocycles. The number of piperazine rings is 1. The topological polar surface area (TPSA) is 109 Å². The molecule has 0 spiro atoms. The molecule has 6 rings (SSSR count). The maximum atomic E-state index is 13.4. The van der Waals surface area contributed by atoms with E-state index in [1.807, 2.05) is 6.07 Å². The fraction of sp³-hybridized carbons (Fsp3) is 0.346. The van der Waals surface area contributed by atoms with Crippen molar-refractivity contribution in [3.8, 4) is 11.6 Å². The van der Waals surface area contributed by atoms with Crippen LogP contribution >= 0.6 is 0 Å². The number of amides is 1. The molecule has 10 nitrogen and oxygen atoms in total. The number of carbonyl (C=O) groups excluding carboxylic acids is 2. The Morgan fingerprint density at radius 2 is 1.81 bits per heavy atom. The average Bonchev–Trinajstić information content (AvgIpc) is 3.43. The van der Waals surface area contributed by atoms with E-state index in [-0.39, 0.29) is 11.1 Å². The van der Waals surface area contributed by atoms with Crippen molar-refractivity contribution in [1.82, 2.24) is 34.5 Å². The molecule has 4 aromatic rings. The number of carbonyl (C=O) groups is 2. The van der Waals surface area contributed by atoms with Crippen LogP contribution < -0.4 is 4.74 Å². The van der Waals surface area contributed by atoms with Crippen LogP contribution in [0.25, 0.3) is 16.7 Å². The predicted octanol–water partition coefficient (Wildman–Crippen LogP) is 2.48. The number of nitrogens with one attached hydrogen (secondary N) is 1. The maximum Gasteiger partial charge on any atom is 0.295 e. The number of aromatic nitrogens is 5. The van der Waals surface area contributed by atoms with Crippen molar-refractivity contribution in [2.24, 2.45) is 0 Å². The number of ether oxygens (including phenoxy) is 1. The van der Waals surface area contributed by atoms with E-state index in [0.29, 0.717) is 41.4 Å². The molecule has 3 aromatic heterocycles. The van der Waals surface area contributed by atoms with Crippen molar-refractivity contribution in [2.45, 2.75) is 25.3 Å².